The van der Waals surface area contributed by atoms with Gasteiger partial charge in [-0.2, -0.15) is 5.26 Å². The van der Waals surface area contributed by atoms with E-state index in [0.29, 0.717) is 0 Å². The van der Waals surface area contributed by atoms with Crippen LogP contribution in [-0.4, -0.2) is 18.2 Å². The van der Waals surface area contributed by atoms with E-state index in [-0.39, 0.29) is 12.2 Å². The standard InChI is InChI=1S/C12H13NO3/c1-8-5-10(14)3-4-11(8)9(7-13)6-12(15)16-2/h3-5,9,14H,6H2,1-2H3. The van der Waals surface area contributed by atoms with Crippen LogP contribution in [0.3, 0.4) is 0 Å². The normalized spacial score (nSPS) is 11.6. The molecule has 1 N–H and O–H groups in total. The average molecular weight is 219 g/mol. The third-order valence-electron chi connectivity index (χ3n) is 2.38. The summed E-state index contributed by atoms with van der Waals surface area (Å²) in [6, 6.07) is 6.79. The number of phenolic OH excluding ortho intramolecular Hbond substituents is 1. The molecule has 0 heterocycles. The first-order valence-electron chi connectivity index (χ1n) is 4.84. The van der Waals surface area contributed by atoms with Crippen molar-refractivity contribution in [3.05, 3.63) is 29.3 Å². The van der Waals surface area contributed by atoms with E-state index in [0.717, 1.165) is 11.1 Å². The fraction of sp³-hybridized carbons (Fsp3) is 0.333. The number of aryl methyl sites for hydroxylation is 1. The van der Waals surface area contributed by atoms with Gasteiger partial charge < -0.3 is 9.84 Å². The van der Waals surface area contributed by atoms with Gasteiger partial charge in [0.2, 0.25) is 0 Å². The Balaban J connectivity index is 2.96. The number of methoxy groups -OCH3 is 1. The molecule has 16 heavy (non-hydrogen) atoms. The van der Waals surface area contributed by atoms with Crippen molar-refractivity contribution in [2.75, 3.05) is 7.11 Å². The van der Waals surface area contributed by atoms with E-state index in [1.807, 2.05) is 0 Å². The number of hydrogen-bond acceptors (Lipinski definition) is 4. The first kappa shape index (κ1) is 12.1. The molecule has 0 bridgehead atoms. The zero-order chi connectivity index (χ0) is 12.1. The minimum absolute atomic E-state index is 0.0264. The Hall–Kier alpha value is -2.02. The molecule has 1 atom stereocenters. The molecule has 0 aromatic heterocycles. The number of esters is 1. The second-order valence-corrected chi connectivity index (χ2v) is 3.50. The van der Waals surface area contributed by atoms with Gasteiger partial charge in [-0.3, -0.25) is 4.79 Å². The summed E-state index contributed by atoms with van der Waals surface area (Å²) in [4.78, 5) is 11.1. The van der Waals surface area contributed by atoms with Gasteiger partial charge in [0.1, 0.15) is 5.75 Å². The van der Waals surface area contributed by atoms with Gasteiger partial charge in [-0.05, 0) is 30.2 Å². The van der Waals surface area contributed by atoms with Gasteiger partial charge in [-0.1, -0.05) is 6.07 Å². The summed E-state index contributed by atoms with van der Waals surface area (Å²) < 4.78 is 4.53. The zero-order valence-electron chi connectivity index (χ0n) is 9.23. The minimum Gasteiger partial charge on any atom is -0.508 e. The number of carbonyl (C=O) groups is 1. The molecular weight excluding hydrogens is 206 g/mol. The van der Waals surface area contributed by atoms with Crippen molar-refractivity contribution in [3.8, 4) is 11.8 Å². The first-order chi connectivity index (χ1) is 7.58. The van der Waals surface area contributed by atoms with Crippen LogP contribution in [0.25, 0.3) is 0 Å². The molecule has 84 valence electrons. The predicted molar refractivity (Wildman–Crippen MR) is 57.8 cm³/mol. The highest BCUT2D eigenvalue weighted by Gasteiger charge is 2.17. The monoisotopic (exact) mass is 219 g/mol. The second-order valence-electron chi connectivity index (χ2n) is 3.50. The molecule has 1 rings (SSSR count). The van der Waals surface area contributed by atoms with Gasteiger partial charge in [0.25, 0.3) is 0 Å². The van der Waals surface area contributed by atoms with Crippen molar-refractivity contribution >= 4 is 5.97 Å². The number of nitrogens with zero attached hydrogens (tertiary/aromatic N) is 1. The van der Waals surface area contributed by atoms with Crippen molar-refractivity contribution in [2.45, 2.75) is 19.3 Å². The Morgan fingerprint density at radius 3 is 2.81 bits per heavy atom. The summed E-state index contributed by atoms with van der Waals surface area (Å²) in [5.74, 6) is -0.803. The topological polar surface area (TPSA) is 70.3 Å². The molecular formula is C12H13NO3. The third kappa shape index (κ3) is 2.74. The lowest BCUT2D eigenvalue weighted by Crippen LogP contribution is -2.08. The highest BCUT2D eigenvalue weighted by molar-refractivity contribution is 5.71. The van der Waals surface area contributed by atoms with Gasteiger partial charge in [-0.15, -0.1) is 0 Å². The second kappa shape index (κ2) is 5.17. The number of hydrogen-bond donors (Lipinski definition) is 1. The number of benzene rings is 1. The Kier molecular flexibility index (Phi) is 3.90. The summed E-state index contributed by atoms with van der Waals surface area (Å²) in [5, 5.41) is 18.2. The molecule has 0 saturated heterocycles. The van der Waals surface area contributed by atoms with Crippen molar-refractivity contribution < 1.29 is 14.6 Å². The Labute approximate surface area is 94.1 Å². The van der Waals surface area contributed by atoms with E-state index >= 15 is 0 Å². The van der Waals surface area contributed by atoms with Crippen LogP contribution >= 0.6 is 0 Å². The van der Waals surface area contributed by atoms with E-state index in [1.165, 1.54) is 13.2 Å². The van der Waals surface area contributed by atoms with Crippen LogP contribution < -0.4 is 0 Å². The van der Waals surface area contributed by atoms with E-state index in [1.54, 1.807) is 19.1 Å². The smallest absolute Gasteiger partial charge is 0.307 e. The van der Waals surface area contributed by atoms with Crippen LogP contribution in [0.1, 0.15) is 23.5 Å². The summed E-state index contributed by atoms with van der Waals surface area (Å²) in [6.45, 7) is 1.79. The molecule has 0 saturated carbocycles. The number of nitriles is 1. The van der Waals surface area contributed by atoms with Gasteiger partial charge in [-0.25, -0.2) is 0 Å². The van der Waals surface area contributed by atoms with Crippen LogP contribution in [0, 0.1) is 18.3 Å². The van der Waals surface area contributed by atoms with E-state index in [9.17, 15) is 9.90 Å². The molecule has 0 radical (unpaired) electrons. The van der Waals surface area contributed by atoms with E-state index < -0.39 is 11.9 Å². The molecule has 0 spiro atoms. The lowest BCUT2D eigenvalue weighted by atomic mass is 9.93. The Morgan fingerprint density at radius 2 is 2.31 bits per heavy atom. The van der Waals surface area contributed by atoms with Crippen LogP contribution in [0.2, 0.25) is 0 Å². The Bertz CT molecular complexity index is 434. The lowest BCUT2D eigenvalue weighted by molar-refractivity contribution is -0.140. The molecule has 0 aliphatic rings. The first-order valence-corrected chi connectivity index (χ1v) is 4.84. The lowest BCUT2D eigenvalue weighted by Gasteiger charge is -2.11. The summed E-state index contributed by atoms with van der Waals surface area (Å²) in [6.07, 6.45) is 0.0264. The van der Waals surface area contributed by atoms with Gasteiger partial charge in [0, 0.05) is 0 Å². The number of ether oxygens (including phenoxy) is 1. The predicted octanol–water partition coefficient (Wildman–Crippen LogP) is 1.87. The maximum absolute atomic E-state index is 11.1. The van der Waals surface area contributed by atoms with Gasteiger partial charge in [0.15, 0.2) is 0 Å². The molecule has 1 aromatic rings. The minimum atomic E-state index is -0.534. The molecule has 0 aliphatic heterocycles. The third-order valence-corrected chi connectivity index (χ3v) is 2.38. The highest BCUT2D eigenvalue weighted by atomic mass is 16.5. The highest BCUT2D eigenvalue weighted by Crippen LogP contribution is 2.25. The molecule has 4 nitrogen and oxygen atoms in total. The fourth-order valence-electron chi connectivity index (χ4n) is 1.53. The number of phenols is 1. The van der Waals surface area contributed by atoms with Crippen molar-refractivity contribution in [2.24, 2.45) is 0 Å². The average Bonchev–Trinajstić information content (AvgIpc) is 2.26. The molecule has 1 aromatic carbocycles. The summed E-state index contributed by atoms with van der Waals surface area (Å²) >= 11 is 0. The molecule has 1 unspecified atom stereocenters. The van der Waals surface area contributed by atoms with Crippen LogP contribution in [-0.2, 0) is 9.53 Å². The molecule has 4 heteroatoms. The summed E-state index contributed by atoms with van der Waals surface area (Å²) in [5.41, 5.74) is 1.53. The van der Waals surface area contributed by atoms with Crippen molar-refractivity contribution in [3.63, 3.8) is 0 Å². The largest absolute Gasteiger partial charge is 0.508 e. The van der Waals surface area contributed by atoms with Gasteiger partial charge >= 0.3 is 5.97 Å². The van der Waals surface area contributed by atoms with Crippen LogP contribution in [0.4, 0.5) is 0 Å². The number of aromatic hydroxyl groups is 1. The van der Waals surface area contributed by atoms with E-state index in [4.69, 9.17) is 5.26 Å². The number of rotatable bonds is 3. The maximum Gasteiger partial charge on any atom is 0.307 e. The maximum atomic E-state index is 11.1. The summed E-state index contributed by atoms with van der Waals surface area (Å²) in [7, 11) is 1.29. The van der Waals surface area contributed by atoms with Crippen LogP contribution in [0.15, 0.2) is 18.2 Å². The van der Waals surface area contributed by atoms with Crippen molar-refractivity contribution in [1.29, 1.82) is 5.26 Å². The molecule has 0 amide bonds. The Morgan fingerprint density at radius 1 is 1.62 bits per heavy atom. The molecule has 0 fully saturated rings. The van der Waals surface area contributed by atoms with Crippen LogP contribution in [0.5, 0.6) is 5.75 Å². The quantitative estimate of drug-likeness (QED) is 0.788. The van der Waals surface area contributed by atoms with Crippen molar-refractivity contribution in [1.82, 2.24) is 0 Å². The molecule has 0 aliphatic carbocycles. The van der Waals surface area contributed by atoms with Gasteiger partial charge in [0.05, 0.1) is 25.5 Å². The SMILES string of the molecule is COC(=O)CC(C#N)c1ccc(O)cc1C. The zero-order valence-corrected chi connectivity index (χ0v) is 9.23. The fourth-order valence-corrected chi connectivity index (χ4v) is 1.53. The van der Waals surface area contributed by atoms with E-state index in [2.05, 4.69) is 10.8 Å². The number of carbonyl (C=O) groups excluding carboxylic acids is 1.